The van der Waals surface area contributed by atoms with E-state index in [1.807, 2.05) is 14.1 Å². The number of benzene rings is 1. The number of rotatable bonds is 4. The lowest BCUT2D eigenvalue weighted by atomic mass is 9.98. The van der Waals surface area contributed by atoms with Crippen LogP contribution in [0, 0.1) is 0 Å². The number of anilines is 1. The molecule has 2 nitrogen and oxygen atoms in total. The Morgan fingerprint density at radius 1 is 1.40 bits per heavy atom. The first-order valence-electron chi connectivity index (χ1n) is 5.23. The standard InChI is InChI=1S/C12H19BrN2/c1-9(6-7-14)10-4-5-12(15(2)3)11(13)8-10/h4-5,8-9H,6-7,14H2,1-3H3. The first-order chi connectivity index (χ1) is 7.06. The van der Waals surface area contributed by atoms with Gasteiger partial charge in [-0.2, -0.15) is 0 Å². The molecule has 84 valence electrons. The van der Waals surface area contributed by atoms with E-state index in [9.17, 15) is 0 Å². The molecule has 1 rings (SSSR count). The summed E-state index contributed by atoms with van der Waals surface area (Å²) in [6, 6.07) is 6.52. The molecule has 0 amide bonds. The Labute approximate surface area is 101 Å². The van der Waals surface area contributed by atoms with Crippen LogP contribution in [0.2, 0.25) is 0 Å². The minimum atomic E-state index is 0.530. The number of nitrogens with two attached hydrogens (primary N) is 1. The van der Waals surface area contributed by atoms with Crippen LogP contribution in [-0.4, -0.2) is 20.6 Å². The summed E-state index contributed by atoms with van der Waals surface area (Å²) in [6.07, 6.45) is 1.04. The van der Waals surface area contributed by atoms with E-state index in [4.69, 9.17) is 5.73 Å². The van der Waals surface area contributed by atoms with Crippen LogP contribution in [-0.2, 0) is 0 Å². The molecule has 1 atom stereocenters. The van der Waals surface area contributed by atoms with E-state index < -0.39 is 0 Å². The van der Waals surface area contributed by atoms with Gasteiger partial charge in [0.25, 0.3) is 0 Å². The fraction of sp³-hybridized carbons (Fsp3) is 0.500. The van der Waals surface area contributed by atoms with Crippen LogP contribution in [0.3, 0.4) is 0 Å². The van der Waals surface area contributed by atoms with Crippen molar-refractivity contribution in [2.75, 3.05) is 25.5 Å². The number of nitrogens with zero attached hydrogens (tertiary/aromatic N) is 1. The molecule has 0 aliphatic heterocycles. The van der Waals surface area contributed by atoms with E-state index in [1.54, 1.807) is 0 Å². The van der Waals surface area contributed by atoms with E-state index in [0.29, 0.717) is 5.92 Å². The van der Waals surface area contributed by atoms with Gasteiger partial charge in [0.1, 0.15) is 0 Å². The van der Waals surface area contributed by atoms with Crippen LogP contribution in [0.25, 0.3) is 0 Å². The fourth-order valence-electron chi connectivity index (χ4n) is 1.61. The summed E-state index contributed by atoms with van der Waals surface area (Å²) in [5, 5.41) is 0. The lowest BCUT2D eigenvalue weighted by Crippen LogP contribution is -2.10. The number of hydrogen-bond donors (Lipinski definition) is 1. The van der Waals surface area contributed by atoms with E-state index in [1.165, 1.54) is 11.3 Å². The molecule has 0 radical (unpaired) electrons. The topological polar surface area (TPSA) is 29.3 Å². The SMILES string of the molecule is CC(CCN)c1ccc(N(C)C)c(Br)c1. The third-order valence-corrected chi connectivity index (χ3v) is 3.26. The summed E-state index contributed by atoms with van der Waals surface area (Å²) < 4.78 is 1.15. The average Bonchev–Trinajstić information content (AvgIpc) is 2.17. The molecule has 15 heavy (non-hydrogen) atoms. The van der Waals surface area contributed by atoms with Crippen LogP contribution >= 0.6 is 15.9 Å². The van der Waals surface area contributed by atoms with Crippen LogP contribution in [0.4, 0.5) is 5.69 Å². The molecule has 0 fully saturated rings. The Hall–Kier alpha value is -0.540. The summed E-state index contributed by atoms with van der Waals surface area (Å²) in [6.45, 7) is 2.96. The maximum absolute atomic E-state index is 5.56. The molecule has 2 N–H and O–H groups in total. The predicted octanol–water partition coefficient (Wildman–Crippen LogP) is 2.97. The zero-order valence-electron chi connectivity index (χ0n) is 9.63. The van der Waals surface area contributed by atoms with Crippen molar-refractivity contribution >= 4 is 21.6 Å². The van der Waals surface area contributed by atoms with Gasteiger partial charge in [-0.3, -0.25) is 0 Å². The van der Waals surface area contributed by atoms with E-state index in [-0.39, 0.29) is 0 Å². The summed E-state index contributed by atoms with van der Waals surface area (Å²) in [4.78, 5) is 2.10. The Bertz CT molecular complexity index is 323. The Balaban J connectivity index is 2.91. The Morgan fingerprint density at radius 3 is 2.53 bits per heavy atom. The molecule has 0 saturated carbocycles. The highest BCUT2D eigenvalue weighted by Gasteiger charge is 2.08. The smallest absolute Gasteiger partial charge is 0.0505 e. The molecule has 0 spiro atoms. The molecular formula is C12H19BrN2. The quantitative estimate of drug-likeness (QED) is 0.912. The van der Waals surface area contributed by atoms with Crippen LogP contribution < -0.4 is 10.6 Å². The third-order valence-electron chi connectivity index (χ3n) is 2.62. The van der Waals surface area contributed by atoms with Crippen LogP contribution in [0.1, 0.15) is 24.8 Å². The molecule has 0 aliphatic carbocycles. The minimum Gasteiger partial charge on any atom is -0.377 e. The first-order valence-corrected chi connectivity index (χ1v) is 6.02. The maximum Gasteiger partial charge on any atom is 0.0505 e. The van der Waals surface area contributed by atoms with Gasteiger partial charge in [-0.25, -0.2) is 0 Å². The first kappa shape index (κ1) is 12.5. The van der Waals surface area contributed by atoms with Crippen molar-refractivity contribution in [3.63, 3.8) is 0 Å². The molecule has 1 aromatic carbocycles. The molecular weight excluding hydrogens is 252 g/mol. The molecule has 1 unspecified atom stereocenters. The van der Waals surface area contributed by atoms with E-state index >= 15 is 0 Å². The zero-order chi connectivity index (χ0) is 11.4. The molecule has 1 aromatic rings. The molecule has 3 heteroatoms. The van der Waals surface area contributed by atoms with Gasteiger partial charge in [-0.1, -0.05) is 13.0 Å². The van der Waals surface area contributed by atoms with Crippen molar-refractivity contribution in [3.05, 3.63) is 28.2 Å². The van der Waals surface area contributed by atoms with Crippen LogP contribution in [0.5, 0.6) is 0 Å². The van der Waals surface area contributed by atoms with Gasteiger partial charge in [-0.05, 0) is 52.5 Å². The molecule has 0 heterocycles. The van der Waals surface area contributed by atoms with Crippen molar-refractivity contribution in [2.24, 2.45) is 5.73 Å². The molecule has 0 bridgehead atoms. The van der Waals surface area contributed by atoms with Crippen molar-refractivity contribution in [1.29, 1.82) is 0 Å². The Morgan fingerprint density at radius 2 is 2.07 bits per heavy atom. The predicted molar refractivity (Wildman–Crippen MR) is 70.6 cm³/mol. The highest BCUT2D eigenvalue weighted by Crippen LogP contribution is 2.29. The van der Waals surface area contributed by atoms with Gasteiger partial charge in [-0.15, -0.1) is 0 Å². The third kappa shape index (κ3) is 3.21. The van der Waals surface area contributed by atoms with Gasteiger partial charge in [0.2, 0.25) is 0 Å². The van der Waals surface area contributed by atoms with Crippen molar-refractivity contribution in [3.8, 4) is 0 Å². The Kier molecular flexibility index (Phi) is 4.61. The second kappa shape index (κ2) is 5.52. The minimum absolute atomic E-state index is 0.530. The van der Waals surface area contributed by atoms with Gasteiger partial charge in [0.15, 0.2) is 0 Å². The summed E-state index contributed by atoms with van der Waals surface area (Å²) in [7, 11) is 4.09. The summed E-state index contributed by atoms with van der Waals surface area (Å²) in [5.74, 6) is 0.530. The van der Waals surface area contributed by atoms with Crippen molar-refractivity contribution in [2.45, 2.75) is 19.3 Å². The number of hydrogen-bond acceptors (Lipinski definition) is 2. The fourth-order valence-corrected chi connectivity index (χ4v) is 2.36. The second-order valence-corrected chi connectivity index (χ2v) is 4.94. The van der Waals surface area contributed by atoms with E-state index in [2.05, 4.69) is 46.0 Å². The van der Waals surface area contributed by atoms with Crippen molar-refractivity contribution < 1.29 is 0 Å². The van der Waals surface area contributed by atoms with Crippen molar-refractivity contribution in [1.82, 2.24) is 0 Å². The van der Waals surface area contributed by atoms with Gasteiger partial charge < -0.3 is 10.6 Å². The van der Waals surface area contributed by atoms with Gasteiger partial charge >= 0.3 is 0 Å². The molecule has 0 aromatic heterocycles. The lowest BCUT2D eigenvalue weighted by molar-refractivity contribution is 0.690. The normalized spacial score (nSPS) is 12.6. The summed E-state index contributed by atoms with van der Waals surface area (Å²) in [5.41, 5.74) is 8.12. The van der Waals surface area contributed by atoms with Crippen LogP contribution in [0.15, 0.2) is 22.7 Å². The lowest BCUT2D eigenvalue weighted by Gasteiger charge is -2.17. The molecule has 0 saturated heterocycles. The molecule has 0 aliphatic rings. The maximum atomic E-state index is 5.56. The largest absolute Gasteiger partial charge is 0.377 e. The summed E-state index contributed by atoms with van der Waals surface area (Å²) >= 11 is 3.59. The second-order valence-electron chi connectivity index (χ2n) is 4.08. The van der Waals surface area contributed by atoms with Gasteiger partial charge in [0, 0.05) is 18.6 Å². The average molecular weight is 271 g/mol. The highest BCUT2D eigenvalue weighted by atomic mass is 79.9. The monoisotopic (exact) mass is 270 g/mol. The highest BCUT2D eigenvalue weighted by molar-refractivity contribution is 9.10. The van der Waals surface area contributed by atoms with Gasteiger partial charge in [0.05, 0.1) is 5.69 Å². The van der Waals surface area contributed by atoms with E-state index in [0.717, 1.165) is 17.4 Å². The number of halogens is 1. The zero-order valence-corrected chi connectivity index (χ0v) is 11.2.